The molecular formula is C31H48N2O4. The topological polar surface area (TPSA) is 74.9 Å². The van der Waals surface area contributed by atoms with E-state index < -0.39 is 5.60 Å². The van der Waals surface area contributed by atoms with Crippen LogP contribution < -0.4 is 5.32 Å². The van der Waals surface area contributed by atoms with E-state index in [0.29, 0.717) is 31.9 Å². The number of rotatable bonds is 13. The maximum atomic E-state index is 13.6. The molecule has 3 atom stereocenters. The molecule has 37 heavy (non-hydrogen) atoms. The van der Waals surface area contributed by atoms with Crippen LogP contribution in [0.4, 0.5) is 0 Å². The predicted octanol–water partition coefficient (Wildman–Crippen LogP) is 5.87. The number of unbranched alkanes of at least 4 members (excludes halogenated alkanes) is 1. The largest absolute Gasteiger partial charge is 0.464 e. The highest BCUT2D eigenvalue weighted by molar-refractivity contribution is 5.82. The molecule has 2 heterocycles. The molecule has 6 heteroatoms. The molecule has 2 fully saturated rings. The smallest absolute Gasteiger partial charge is 0.222 e. The average molecular weight is 513 g/mol. The number of hydrogen-bond donors (Lipinski definition) is 2. The fourth-order valence-electron chi connectivity index (χ4n) is 6.96. The second kappa shape index (κ2) is 13.8. The number of aliphatic hydroxyl groups is 1. The number of piperidine rings is 1. The molecule has 1 saturated heterocycles. The van der Waals surface area contributed by atoms with E-state index in [0.717, 1.165) is 67.6 Å². The SMILES string of the molecule is CNC[C@@H](CC(=O)N1CCC[C@@H]([C@@](O)(CCCCOC)c2cccc3occc23)C1)CC1CCCCC1. The number of carbonyl (C=O) groups excluding carboxylic acids is 1. The molecule has 0 bridgehead atoms. The Morgan fingerprint density at radius 3 is 2.81 bits per heavy atom. The molecule has 1 aromatic carbocycles. The lowest BCUT2D eigenvalue weighted by Crippen LogP contribution is -2.48. The molecule has 1 saturated carbocycles. The summed E-state index contributed by atoms with van der Waals surface area (Å²) in [6.07, 6.45) is 14.4. The summed E-state index contributed by atoms with van der Waals surface area (Å²) in [4.78, 5) is 15.6. The lowest BCUT2D eigenvalue weighted by atomic mass is 9.73. The molecule has 0 radical (unpaired) electrons. The van der Waals surface area contributed by atoms with Gasteiger partial charge in [-0.3, -0.25) is 4.79 Å². The van der Waals surface area contributed by atoms with Crippen molar-refractivity contribution in [1.29, 1.82) is 0 Å². The van der Waals surface area contributed by atoms with Crippen LogP contribution >= 0.6 is 0 Å². The minimum Gasteiger partial charge on any atom is -0.464 e. The molecule has 1 aliphatic carbocycles. The highest BCUT2D eigenvalue weighted by atomic mass is 16.5. The van der Waals surface area contributed by atoms with Gasteiger partial charge in [-0.15, -0.1) is 0 Å². The normalized spacial score (nSPS) is 21.7. The monoisotopic (exact) mass is 512 g/mol. The van der Waals surface area contributed by atoms with Crippen molar-refractivity contribution >= 4 is 16.9 Å². The molecule has 0 spiro atoms. The summed E-state index contributed by atoms with van der Waals surface area (Å²) in [6, 6.07) is 7.93. The number of likely N-dealkylation sites (tertiary alicyclic amines) is 1. The van der Waals surface area contributed by atoms with Crippen LogP contribution in [0.25, 0.3) is 11.0 Å². The minimum absolute atomic E-state index is 0.00524. The van der Waals surface area contributed by atoms with Crippen LogP contribution in [0, 0.1) is 17.8 Å². The van der Waals surface area contributed by atoms with Crippen molar-refractivity contribution in [2.24, 2.45) is 17.8 Å². The first-order chi connectivity index (χ1) is 18.0. The predicted molar refractivity (Wildman–Crippen MR) is 148 cm³/mol. The average Bonchev–Trinajstić information content (AvgIpc) is 3.41. The van der Waals surface area contributed by atoms with Crippen molar-refractivity contribution in [3.8, 4) is 0 Å². The Kier molecular flexibility index (Phi) is 10.5. The Balaban J connectivity index is 1.48. The van der Waals surface area contributed by atoms with Gasteiger partial charge in [0.15, 0.2) is 0 Å². The highest BCUT2D eigenvalue weighted by Gasteiger charge is 2.42. The number of furan rings is 1. The van der Waals surface area contributed by atoms with Crippen molar-refractivity contribution in [2.45, 2.75) is 82.7 Å². The van der Waals surface area contributed by atoms with Crippen molar-refractivity contribution < 1.29 is 19.1 Å². The van der Waals surface area contributed by atoms with Crippen LogP contribution in [0.5, 0.6) is 0 Å². The maximum absolute atomic E-state index is 13.6. The fourth-order valence-corrected chi connectivity index (χ4v) is 6.96. The number of hydrogen-bond acceptors (Lipinski definition) is 5. The molecule has 1 amide bonds. The van der Waals surface area contributed by atoms with Gasteiger partial charge in [0.05, 0.1) is 11.9 Å². The Morgan fingerprint density at radius 1 is 1.19 bits per heavy atom. The van der Waals surface area contributed by atoms with E-state index in [-0.39, 0.29) is 11.8 Å². The van der Waals surface area contributed by atoms with Crippen LogP contribution in [-0.2, 0) is 15.1 Å². The van der Waals surface area contributed by atoms with Gasteiger partial charge in [0, 0.05) is 44.5 Å². The van der Waals surface area contributed by atoms with Crippen LogP contribution in [0.1, 0.15) is 82.6 Å². The van der Waals surface area contributed by atoms with Crippen LogP contribution in [-0.4, -0.2) is 56.3 Å². The summed E-state index contributed by atoms with van der Waals surface area (Å²) in [5.41, 5.74) is 0.720. The lowest BCUT2D eigenvalue weighted by Gasteiger charge is -2.43. The summed E-state index contributed by atoms with van der Waals surface area (Å²) in [5, 5.41) is 16.7. The van der Waals surface area contributed by atoms with Gasteiger partial charge in [0.2, 0.25) is 5.91 Å². The molecule has 2 aliphatic rings. The number of methoxy groups -OCH3 is 1. The summed E-state index contributed by atoms with van der Waals surface area (Å²) in [5.74, 6) is 1.40. The first-order valence-electron chi connectivity index (χ1n) is 14.7. The van der Waals surface area contributed by atoms with Crippen molar-refractivity contribution in [3.63, 3.8) is 0 Å². The summed E-state index contributed by atoms with van der Waals surface area (Å²) < 4.78 is 10.9. The van der Waals surface area contributed by atoms with Crippen molar-refractivity contribution in [1.82, 2.24) is 10.2 Å². The van der Waals surface area contributed by atoms with Gasteiger partial charge < -0.3 is 24.5 Å². The van der Waals surface area contributed by atoms with Gasteiger partial charge in [0.25, 0.3) is 0 Å². The quantitative estimate of drug-likeness (QED) is 0.328. The standard InChI is InChI=1S/C31H48N2O4/c1-32-22-25(20-24-10-4-3-5-11-24)21-30(34)33-17-9-12-26(23-33)31(35,16-6-7-18-36-2)28-13-8-14-29-27(28)15-19-37-29/h8,13-15,19,24-26,32,35H,3-7,9-12,16-18,20-23H2,1-2H3/t25-,26-,31+/m1/s1. The summed E-state index contributed by atoms with van der Waals surface area (Å²) >= 11 is 0. The molecule has 2 N–H and O–H groups in total. The third-order valence-corrected chi connectivity index (χ3v) is 8.92. The van der Waals surface area contributed by atoms with Gasteiger partial charge in [-0.25, -0.2) is 0 Å². The summed E-state index contributed by atoms with van der Waals surface area (Å²) in [6.45, 7) is 2.99. The molecule has 6 nitrogen and oxygen atoms in total. The Morgan fingerprint density at radius 2 is 2.03 bits per heavy atom. The number of amides is 1. The number of fused-ring (bicyclic) bond motifs is 1. The Bertz CT molecular complexity index is 969. The number of nitrogens with one attached hydrogen (secondary N) is 1. The van der Waals surface area contributed by atoms with Crippen LogP contribution in [0.3, 0.4) is 0 Å². The van der Waals surface area contributed by atoms with E-state index in [2.05, 4.69) is 5.32 Å². The zero-order chi connectivity index (χ0) is 26.1. The second-order valence-electron chi connectivity index (χ2n) is 11.6. The third kappa shape index (κ3) is 7.15. The highest BCUT2D eigenvalue weighted by Crippen LogP contribution is 2.43. The van der Waals surface area contributed by atoms with Gasteiger partial charge in [0.1, 0.15) is 5.58 Å². The molecule has 1 aliphatic heterocycles. The summed E-state index contributed by atoms with van der Waals surface area (Å²) in [7, 11) is 3.72. The van der Waals surface area contributed by atoms with E-state index >= 15 is 0 Å². The van der Waals surface area contributed by atoms with E-state index in [4.69, 9.17) is 9.15 Å². The molecule has 4 rings (SSSR count). The van der Waals surface area contributed by atoms with Crippen LogP contribution in [0.15, 0.2) is 34.9 Å². The second-order valence-corrected chi connectivity index (χ2v) is 11.6. The molecule has 1 aromatic heterocycles. The first kappa shape index (κ1) is 28.1. The maximum Gasteiger partial charge on any atom is 0.222 e. The van der Waals surface area contributed by atoms with Gasteiger partial charge in [-0.1, -0.05) is 44.2 Å². The number of nitrogens with zero attached hydrogens (tertiary/aromatic N) is 1. The van der Waals surface area contributed by atoms with E-state index in [1.165, 1.54) is 32.1 Å². The number of carbonyl (C=O) groups is 1. The number of benzene rings is 1. The van der Waals surface area contributed by atoms with E-state index in [9.17, 15) is 9.90 Å². The minimum atomic E-state index is -1.01. The van der Waals surface area contributed by atoms with E-state index in [1.54, 1.807) is 13.4 Å². The van der Waals surface area contributed by atoms with Crippen LogP contribution in [0.2, 0.25) is 0 Å². The van der Waals surface area contributed by atoms with Crippen molar-refractivity contribution in [3.05, 3.63) is 36.1 Å². The molecular weight excluding hydrogens is 464 g/mol. The zero-order valence-electron chi connectivity index (χ0n) is 23.1. The first-order valence-corrected chi connectivity index (χ1v) is 14.7. The third-order valence-electron chi connectivity index (χ3n) is 8.92. The van der Waals surface area contributed by atoms with E-state index in [1.807, 2.05) is 36.2 Å². The van der Waals surface area contributed by atoms with Gasteiger partial charge >= 0.3 is 0 Å². The zero-order valence-corrected chi connectivity index (χ0v) is 23.1. The molecule has 0 unspecified atom stereocenters. The van der Waals surface area contributed by atoms with Gasteiger partial charge in [-0.05, 0) is 81.6 Å². The molecule has 2 aromatic rings. The van der Waals surface area contributed by atoms with Gasteiger partial charge in [-0.2, -0.15) is 0 Å². The Labute approximate surface area is 223 Å². The molecule has 206 valence electrons. The lowest BCUT2D eigenvalue weighted by molar-refractivity contribution is -0.137. The van der Waals surface area contributed by atoms with Crippen molar-refractivity contribution in [2.75, 3.05) is 40.4 Å². The Hall–Kier alpha value is -1.89. The fraction of sp³-hybridized carbons (Fsp3) is 0.710. The number of ether oxygens (including phenoxy) is 1.